The molecule has 1 rings (SSSR count). The summed E-state index contributed by atoms with van der Waals surface area (Å²) < 4.78 is 4.68. The predicted molar refractivity (Wildman–Crippen MR) is 75.7 cm³/mol. The number of anilines is 2. The van der Waals surface area contributed by atoms with Crippen LogP contribution in [-0.4, -0.2) is 53.9 Å². The van der Waals surface area contributed by atoms with Crippen LogP contribution in [0.5, 0.6) is 0 Å². The first kappa shape index (κ1) is 15.5. The van der Waals surface area contributed by atoms with Gasteiger partial charge in [0.1, 0.15) is 5.25 Å². The lowest BCUT2D eigenvalue weighted by Gasteiger charge is -2.14. The topological polar surface area (TPSA) is 80.2 Å². The van der Waals surface area contributed by atoms with Crippen molar-refractivity contribution in [2.24, 2.45) is 0 Å². The smallest absolute Gasteiger partial charge is 0.318 e. The highest BCUT2D eigenvalue weighted by atomic mass is 32.2. The summed E-state index contributed by atoms with van der Waals surface area (Å²) in [5, 5.41) is 3.17. The van der Waals surface area contributed by atoms with E-state index in [-0.39, 0.29) is 11.2 Å². The van der Waals surface area contributed by atoms with Crippen molar-refractivity contribution in [3.05, 3.63) is 0 Å². The maximum Gasteiger partial charge on any atom is 0.318 e. The minimum Gasteiger partial charge on any atom is -0.468 e. The molecule has 0 aliphatic carbocycles. The molecule has 7 nitrogen and oxygen atoms in total. The first-order valence-electron chi connectivity index (χ1n) is 5.89. The SMILES string of the molecule is CCNc1nc(S[C@H](C)C(=O)OC)nc(N(C)C)n1. The Morgan fingerprint density at radius 2 is 2.11 bits per heavy atom. The van der Waals surface area contributed by atoms with Gasteiger partial charge in [-0.1, -0.05) is 11.8 Å². The number of thioether (sulfide) groups is 1. The average Bonchev–Trinajstić information content (AvgIpc) is 2.37. The van der Waals surface area contributed by atoms with Crippen LogP contribution in [0.25, 0.3) is 0 Å². The average molecular weight is 285 g/mol. The zero-order chi connectivity index (χ0) is 14.4. The predicted octanol–water partition coefficient (Wildman–Crippen LogP) is 1.02. The normalized spacial score (nSPS) is 11.8. The lowest BCUT2D eigenvalue weighted by molar-refractivity contribution is -0.139. The van der Waals surface area contributed by atoms with Gasteiger partial charge in [0.05, 0.1) is 7.11 Å². The molecule has 0 radical (unpaired) electrons. The molecule has 0 unspecified atom stereocenters. The Hall–Kier alpha value is -1.57. The molecule has 0 saturated heterocycles. The number of nitrogens with zero attached hydrogens (tertiary/aromatic N) is 4. The third kappa shape index (κ3) is 4.55. The number of aromatic nitrogens is 3. The minimum absolute atomic E-state index is 0.304. The Kier molecular flexibility index (Phi) is 5.81. The molecule has 0 spiro atoms. The second-order valence-electron chi connectivity index (χ2n) is 3.95. The van der Waals surface area contributed by atoms with Crippen LogP contribution in [0.3, 0.4) is 0 Å². The van der Waals surface area contributed by atoms with E-state index in [1.807, 2.05) is 21.0 Å². The highest BCUT2D eigenvalue weighted by Gasteiger charge is 2.18. The van der Waals surface area contributed by atoms with Gasteiger partial charge in [0.25, 0.3) is 0 Å². The molecular weight excluding hydrogens is 266 g/mol. The molecule has 1 atom stereocenters. The van der Waals surface area contributed by atoms with E-state index in [2.05, 4.69) is 25.0 Å². The minimum atomic E-state index is -0.364. The summed E-state index contributed by atoms with van der Waals surface area (Å²) in [6.07, 6.45) is 0. The van der Waals surface area contributed by atoms with Gasteiger partial charge in [-0.3, -0.25) is 4.79 Å². The Labute approximate surface area is 117 Å². The second kappa shape index (κ2) is 7.13. The molecule has 0 saturated carbocycles. The van der Waals surface area contributed by atoms with Gasteiger partial charge >= 0.3 is 5.97 Å². The van der Waals surface area contributed by atoms with Crippen LogP contribution in [0.2, 0.25) is 0 Å². The third-order valence-corrected chi connectivity index (χ3v) is 3.09. The maximum atomic E-state index is 11.4. The van der Waals surface area contributed by atoms with E-state index in [0.717, 1.165) is 0 Å². The zero-order valence-electron chi connectivity index (χ0n) is 11.8. The summed E-state index contributed by atoms with van der Waals surface area (Å²) in [7, 11) is 5.06. The fraction of sp³-hybridized carbons (Fsp3) is 0.636. The van der Waals surface area contributed by atoms with Crippen LogP contribution in [0.4, 0.5) is 11.9 Å². The van der Waals surface area contributed by atoms with Crippen LogP contribution in [0, 0.1) is 0 Å². The van der Waals surface area contributed by atoms with Crippen LogP contribution in [0.1, 0.15) is 13.8 Å². The number of hydrogen-bond acceptors (Lipinski definition) is 8. The van der Waals surface area contributed by atoms with Gasteiger partial charge in [-0.2, -0.15) is 15.0 Å². The first-order valence-corrected chi connectivity index (χ1v) is 6.77. The number of esters is 1. The van der Waals surface area contributed by atoms with Crippen LogP contribution in [0.15, 0.2) is 5.16 Å². The Bertz CT molecular complexity index is 441. The van der Waals surface area contributed by atoms with Crippen molar-refractivity contribution in [1.82, 2.24) is 15.0 Å². The summed E-state index contributed by atoms with van der Waals surface area (Å²) in [5.41, 5.74) is 0. The molecule has 1 heterocycles. The Balaban J connectivity index is 2.95. The van der Waals surface area contributed by atoms with E-state index in [4.69, 9.17) is 0 Å². The fourth-order valence-corrected chi connectivity index (χ4v) is 1.99. The van der Waals surface area contributed by atoms with Crippen molar-refractivity contribution in [1.29, 1.82) is 0 Å². The van der Waals surface area contributed by atoms with Crippen molar-refractivity contribution in [2.75, 3.05) is 38.0 Å². The summed E-state index contributed by atoms with van der Waals surface area (Å²) in [6.45, 7) is 4.43. The van der Waals surface area contributed by atoms with E-state index in [0.29, 0.717) is 23.6 Å². The molecule has 19 heavy (non-hydrogen) atoms. The summed E-state index contributed by atoms with van der Waals surface area (Å²) >= 11 is 1.24. The standard InChI is InChI=1S/C11H19N5O2S/c1-6-12-9-13-10(16(3)4)15-11(14-9)19-7(2)8(17)18-5/h7H,6H2,1-5H3,(H,12,13,14,15)/t7-/m1/s1. The molecular formula is C11H19N5O2S. The highest BCUT2D eigenvalue weighted by Crippen LogP contribution is 2.22. The molecule has 1 aromatic rings. The molecule has 8 heteroatoms. The number of rotatable bonds is 6. The second-order valence-corrected chi connectivity index (χ2v) is 5.26. The van der Waals surface area contributed by atoms with Gasteiger partial charge in [-0.25, -0.2) is 0 Å². The van der Waals surface area contributed by atoms with E-state index < -0.39 is 0 Å². The molecule has 1 N–H and O–H groups in total. The molecule has 0 amide bonds. The van der Waals surface area contributed by atoms with Gasteiger partial charge in [-0.15, -0.1) is 0 Å². The van der Waals surface area contributed by atoms with Crippen molar-refractivity contribution < 1.29 is 9.53 Å². The quantitative estimate of drug-likeness (QED) is 0.613. The lowest BCUT2D eigenvalue weighted by atomic mass is 10.5. The van der Waals surface area contributed by atoms with E-state index in [1.165, 1.54) is 18.9 Å². The summed E-state index contributed by atoms with van der Waals surface area (Å²) in [6, 6.07) is 0. The number of carbonyl (C=O) groups excluding carboxylic acids is 1. The van der Waals surface area contributed by atoms with Gasteiger partial charge in [0.2, 0.25) is 11.9 Å². The summed E-state index contributed by atoms with van der Waals surface area (Å²) in [5.74, 6) is 0.744. The maximum absolute atomic E-state index is 11.4. The van der Waals surface area contributed by atoms with Gasteiger partial charge < -0.3 is 15.0 Å². The van der Waals surface area contributed by atoms with Crippen molar-refractivity contribution in [3.8, 4) is 0 Å². The highest BCUT2D eigenvalue weighted by molar-refractivity contribution is 8.00. The number of methoxy groups -OCH3 is 1. The fourth-order valence-electron chi connectivity index (χ4n) is 1.21. The molecule has 106 valence electrons. The third-order valence-electron chi connectivity index (χ3n) is 2.15. The van der Waals surface area contributed by atoms with E-state index in [1.54, 1.807) is 11.8 Å². The molecule has 0 bridgehead atoms. The van der Waals surface area contributed by atoms with Crippen LogP contribution >= 0.6 is 11.8 Å². The van der Waals surface area contributed by atoms with Gasteiger partial charge in [0, 0.05) is 20.6 Å². The van der Waals surface area contributed by atoms with Crippen LogP contribution in [-0.2, 0) is 9.53 Å². The molecule has 1 aromatic heterocycles. The van der Waals surface area contributed by atoms with Crippen LogP contribution < -0.4 is 10.2 Å². The zero-order valence-corrected chi connectivity index (χ0v) is 12.6. The van der Waals surface area contributed by atoms with Crippen molar-refractivity contribution >= 4 is 29.6 Å². The summed E-state index contributed by atoms with van der Waals surface area (Å²) in [4.78, 5) is 26.0. The van der Waals surface area contributed by atoms with E-state index >= 15 is 0 Å². The Morgan fingerprint density at radius 1 is 1.42 bits per heavy atom. The van der Waals surface area contributed by atoms with E-state index in [9.17, 15) is 4.79 Å². The first-order chi connectivity index (χ1) is 8.97. The number of carbonyl (C=O) groups is 1. The molecule has 0 aliphatic heterocycles. The molecule has 0 fully saturated rings. The molecule has 0 aromatic carbocycles. The number of ether oxygens (including phenoxy) is 1. The van der Waals surface area contributed by atoms with Crippen molar-refractivity contribution in [3.63, 3.8) is 0 Å². The van der Waals surface area contributed by atoms with Gasteiger partial charge in [0.15, 0.2) is 5.16 Å². The lowest BCUT2D eigenvalue weighted by Crippen LogP contribution is -2.18. The Morgan fingerprint density at radius 3 is 2.63 bits per heavy atom. The largest absolute Gasteiger partial charge is 0.468 e. The number of nitrogens with one attached hydrogen (secondary N) is 1. The van der Waals surface area contributed by atoms with Crippen molar-refractivity contribution in [2.45, 2.75) is 24.3 Å². The number of hydrogen-bond donors (Lipinski definition) is 1. The monoisotopic (exact) mass is 285 g/mol. The molecule has 0 aliphatic rings. The van der Waals surface area contributed by atoms with Gasteiger partial charge in [-0.05, 0) is 13.8 Å².